The molecule has 1 aliphatic carbocycles. The van der Waals surface area contributed by atoms with Gasteiger partial charge in [0.1, 0.15) is 0 Å². The van der Waals surface area contributed by atoms with Crippen molar-refractivity contribution in [3.63, 3.8) is 0 Å². The highest BCUT2D eigenvalue weighted by atomic mass is 16.5. The second kappa shape index (κ2) is 7.35. The van der Waals surface area contributed by atoms with Gasteiger partial charge < -0.3 is 15.0 Å². The molecule has 0 radical (unpaired) electrons. The van der Waals surface area contributed by atoms with Crippen LogP contribution in [0.15, 0.2) is 30.3 Å². The minimum absolute atomic E-state index is 0.0521. The normalized spacial score (nSPS) is 22.4. The number of carbonyl (C=O) groups is 1. The molecule has 2 fully saturated rings. The quantitative estimate of drug-likeness (QED) is 0.876. The van der Waals surface area contributed by atoms with Crippen molar-refractivity contribution < 1.29 is 9.53 Å². The molecule has 1 atom stereocenters. The van der Waals surface area contributed by atoms with Crippen molar-refractivity contribution in [3.8, 4) is 0 Å². The lowest BCUT2D eigenvalue weighted by Crippen LogP contribution is -2.48. The van der Waals surface area contributed by atoms with E-state index >= 15 is 0 Å². The molecule has 126 valence electrons. The lowest BCUT2D eigenvalue weighted by Gasteiger charge is -2.42. The third-order valence-electron chi connectivity index (χ3n) is 5.35. The third-order valence-corrected chi connectivity index (χ3v) is 5.35. The predicted molar refractivity (Wildman–Crippen MR) is 91.4 cm³/mol. The molecule has 1 saturated heterocycles. The molecule has 4 nitrogen and oxygen atoms in total. The number of nitrogens with one attached hydrogen (secondary N) is 1. The van der Waals surface area contributed by atoms with E-state index in [-0.39, 0.29) is 11.4 Å². The number of benzene rings is 1. The maximum Gasteiger partial charge on any atom is 0.317 e. The summed E-state index contributed by atoms with van der Waals surface area (Å²) in [6.45, 7) is 3.19. The Hall–Kier alpha value is -1.55. The summed E-state index contributed by atoms with van der Waals surface area (Å²) in [7, 11) is 1.89. The van der Waals surface area contributed by atoms with Gasteiger partial charge in [0.25, 0.3) is 0 Å². The largest absolute Gasteiger partial charge is 0.381 e. The second-order valence-electron chi connectivity index (χ2n) is 7.28. The zero-order chi connectivity index (χ0) is 16.1. The Balaban J connectivity index is 1.48. The van der Waals surface area contributed by atoms with Crippen LogP contribution < -0.4 is 5.32 Å². The molecule has 0 aromatic heterocycles. The highest BCUT2D eigenvalue weighted by Crippen LogP contribution is 2.43. The zero-order valence-electron chi connectivity index (χ0n) is 14.1. The SMILES string of the molecule is CN(CC1CCOC1)C(=O)NCC1(Cc2ccccc2)CCC1. The Morgan fingerprint density at radius 3 is 2.74 bits per heavy atom. The average Bonchev–Trinajstić information content (AvgIpc) is 3.03. The summed E-state index contributed by atoms with van der Waals surface area (Å²) in [4.78, 5) is 14.2. The van der Waals surface area contributed by atoms with Crippen molar-refractivity contribution in [1.29, 1.82) is 0 Å². The molecule has 4 heteroatoms. The molecular weight excluding hydrogens is 288 g/mol. The van der Waals surface area contributed by atoms with Crippen molar-refractivity contribution in [2.45, 2.75) is 32.1 Å². The molecule has 3 rings (SSSR count). The van der Waals surface area contributed by atoms with Crippen molar-refractivity contribution in [3.05, 3.63) is 35.9 Å². The lowest BCUT2D eigenvalue weighted by atomic mass is 9.65. The molecule has 1 N–H and O–H groups in total. The van der Waals surface area contributed by atoms with Crippen LogP contribution in [0.3, 0.4) is 0 Å². The number of rotatable bonds is 6. The van der Waals surface area contributed by atoms with Gasteiger partial charge in [-0.25, -0.2) is 4.79 Å². The van der Waals surface area contributed by atoms with E-state index in [0.717, 1.165) is 39.1 Å². The lowest BCUT2D eigenvalue weighted by molar-refractivity contribution is 0.125. The summed E-state index contributed by atoms with van der Waals surface area (Å²) < 4.78 is 5.39. The van der Waals surface area contributed by atoms with Crippen molar-refractivity contribution >= 4 is 6.03 Å². The summed E-state index contributed by atoms with van der Waals surface area (Å²) >= 11 is 0. The van der Waals surface area contributed by atoms with E-state index in [4.69, 9.17) is 4.74 Å². The smallest absolute Gasteiger partial charge is 0.317 e. The van der Waals surface area contributed by atoms with Gasteiger partial charge in [0.15, 0.2) is 0 Å². The number of amides is 2. The van der Waals surface area contributed by atoms with Gasteiger partial charge >= 0.3 is 6.03 Å². The van der Waals surface area contributed by atoms with Crippen molar-refractivity contribution in [2.75, 3.05) is 33.4 Å². The maximum absolute atomic E-state index is 12.3. The number of hydrogen-bond donors (Lipinski definition) is 1. The van der Waals surface area contributed by atoms with Crippen LogP contribution in [0.5, 0.6) is 0 Å². The van der Waals surface area contributed by atoms with Crippen molar-refractivity contribution in [1.82, 2.24) is 10.2 Å². The van der Waals surface area contributed by atoms with Gasteiger partial charge in [-0.1, -0.05) is 36.8 Å². The molecule has 0 bridgehead atoms. The molecule has 23 heavy (non-hydrogen) atoms. The minimum atomic E-state index is 0.0521. The van der Waals surface area contributed by atoms with Crippen LogP contribution in [0.4, 0.5) is 4.79 Å². The highest BCUT2D eigenvalue weighted by Gasteiger charge is 2.37. The third kappa shape index (κ3) is 4.25. The number of urea groups is 1. The van der Waals surface area contributed by atoms with Crippen molar-refractivity contribution in [2.24, 2.45) is 11.3 Å². The average molecular weight is 316 g/mol. The number of carbonyl (C=O) groups excluding carboxylic acids is 1. The van der Waals surface area contributed by atoms with Crippen LogP contribution in [0.1, 0.15) is 31.2 Å². The Kier molecular flexibility index (Phi) is 5.21. The van der Waals surface area contributed by atoms with Gasteiger partial charge in [-0.15, -0.1) is 0 Å². The van der Waals surface area contributed by atoms with Gasteiger partial charge in [0.2, 0.25) is 0 Å². The maximum atomic E-state index is 12.3. The van der Waals surface area contributed by atoms with Gasteiger partial charge in [-0.05, 0) is 36.7 Å². The monoisotopic (exact) mass is 316 g/mol. The second-order valence-corrected chi connectivity index (χ2v) is 7.28. The molecule has 1 aliphatic heterocycles. The zero-order valence-corrected chi connectivity index (χ0v) is 14.1. The summed E-state index contributed by atoms with van der Waals surface area (Å²) in [5.74, 6) is 0.493. The predicted octanol–water partition coefficient (Wildman–Crippen LogP) is 3.08. The molecule has 1 saturated carbocycles. The Morgan fingerprint density at radius 2 is 2.13 bits per heavy atom. The summed E-state index contributed by atoms with van der Waals surface area (Å²) in [5, 5.41) is 3.17. The minimum Gasteiger partial charge on any atom is -0.381 e. The highest BCUT2D eigenvalue weighted by molar-refractivity contribution is 5.73. The molecule has 1 heterocycles. The van der Waals surface area contributed by atoms with E-state index in [1.807, 2.05) is 11.9 Å². The molecule has 1 unspecified atom stereocenters. The molecule has 0 spiro atoms. The molecule has 1 aromatic rings. The Bertz CT molecular complexity index is 507. The number of ether oxygens (including phenoxy) is 1. The summed E-state index contributed by atoms with van der Waals surface area (Å²) in [5.41, 5.74) is 1.63. The fourth-order valence-electron chi connectivity index (χ4n) is 3.72. The van der Waals surface area contributed by atoms with Crippen LogP contribution in [-0.4, -0.2) is 44.3 Å². The Labute approximate surface area is 139 Å². The number of nitrogens with zero attached hydrogens (tertiary/aromatic N) is 1. The standard InChI is InChI=1S/C19H28N2O2/c1-21(13-17-8-11-23-14-17)18(22)20-15-19(9-5-10-19)12-16-6-3-2-4-7-16/h2-4,6-7,17H,5,8-15H2,1H3,(H,20,22). The van der Waals surface area contributed by atoms with Gasteiger partial charge in [0.05, 0.1) is 6.61 Å². The Morgan fingerprint density at radius 1 is 1.35 bits per heavy atom. The first-order valence-corrected chi connectivity index (χ1v) is 8.78. The van der Waals surface area contributed by atoms with E-state index in [9.17, 15) is 4.79 Å². The fourth-order valence-corrected chi connectivity index (χ4v) is 3.72. The van der Waals surface area contributed by atoms with E-state index in [1.165, 1.54) is 24.8 Å². The van der Waals surface area contributed by atoms with E-state index in [2.05, 4.69) is 35.6 Å². The van der Waals surface area contributed by atoms with E-state index in [0.29, 0.717) is 5.92 Å². The van der Waals surface area contributed by atoms with Gasteiger partial charge in [0, 0.05) is 32.7 Å². The summed E-state index contributed by atoms with van der Waals surface area (Å²) in [6, 6.07) is 10.7. The molecule has 2 aliphatic rings. The van der Waals surface area contributed by atoms with Crippen LogP contribution in [0.25, 0.3) is 0 Å². The van der Waals surface area contributed by atoms with Crippen LogP contribution in [0, 0.1) is 11.3 Å². The fraction of sp³-hybridized carbons (Fsp3) is 0.632. The number of hydrogen-bond acceptors (Lipinski definition) is 2. The van der Waals surface area contributed by atoms with Crippen LogP contribution in [0.2, 0.25) is 0 Å². The van der Waals surface area contributed by atoms with Gasteiger partial charge in [-0.2, -0.15) is 0 Å². The topological polar surface area (TPSA) is 41.6 Å². The molecule has 1 aromatic carbocycles. The van der Waals surface area contributed by atoms with Gasteiger partial charge in [-0.3, -0.25) is 0 Å². The first-order chi connectivity index (χ1) is 11.2. The first-order valence-electron chi connectivity index (χ1n) is 8.78. The van der Waals surface area contributed by atoms with E-state index in [1.54, 1.807) is 0 Å². The molecule has 2 amide bonds. The van der Waals surface area contributed by atoms with E-state index < -0.39 is 0 Å². The summed E-state index contributed by atoms with van der Waals surface area (Å²) in [6.07, 6.45) is 5.83. The van der Waals surface area contributed by atoms with Crippen LogP contribution in [-0.2, 0) is 11.2 Å². The first kappa shape index (κ1) is 16.3. The van der Waals surface area contributed by atoms with Crippen LogP contribution >= 0.6 is 0 Å². The molecular formula is C19H28N2O2.